The molecule has 1 aromatic heterocycles. The summed E-state index contributed by atoms with van der Waals surface area (Å²) < 4.78 is 26.9. The second-order valence-corrected chi connectivity index (χ2v) is 6.69. The maximum Gasteiger partial charge on any atom is 0.217 e. The van der Waals surface area contributed by atoms with E-state index >= 15 is 0 Å². The summed E-state index contributed by atoms with van der Waals surface area (Å²) in [6.07, 6.45) is 0. The number of carbonyl (C=O) groups excluding carboxylic acids is 1. The summed E-state index contributed by atoms with van der Waals surface area (Å²) in [6, 6.07) is 9.77. The summed E-state index contributed by atoms with van der Waals surface area (Å²) in [4.78, 5) is 16.1. The third-order valence-corrected chi connectivity index (χ3v) is 4.71. The third-order valence-electron chi connectivity index (χ3n) is 3.51. The van der Waals surface area contributed by atoms with Crippen molar-refractivity contribution < 1.29 is 13.6 Å². The molecule has 1 atom stereocenters. The quantitative estimate of drug-likeness (QED) is 0.696. The molecular weight excluding hydrogens is 366 g/mol. The molecule has 3 nitrogen and oxygen atoms in total. The van der Waals surface area contributed by atoms with Gasteiger partial charge in [0.1, 0.15) is 22.7 Å². The number of hydrogen-bond donors (Lipinski definition) is 1. The van der Waals surface area contributed by atoms with Gasteiger partial charge in [0.05, 0.1) is 10.7 Å². The molecule has 7 heteroatoms. The largest absolute Gasteiger partial charge is 0.343 e. The molecule has 1 amide bonds. The van der Waals surface area contributed by atoms with Crippen LogP contribution in [0.1, 0.15) is 23.5 Å². The monoisotopic (exact) mass is 378 g/mol. The number of nitrogens with zero attached hydrogens (tertiary/aromatic N) is 1. The smallest absolute Gasteiger partial charge is 0.217 e. The predicted octanol–water partition coefficient (Wildman–Crippen LogP) is 4.97. The highest BCUT2D eigenvalue weighted by Gasteiger charge is 2.20. The second kappa shape index (κ2) is 7.29. The Kier molecular flexibility index (Phi) is 5.11. The van der Waals surface area contributed by atoms with Gasteiger partial charge >= 0.3 is 0 Å². The van der Waals surface area contributed by atoms with Crippen LogP contribution in [0.2, 0.25) is 5.02 Å². The lowest BCUT2D eigenvalue weighted by Crippen LogP contribution is -2.26. The van der Waals surface area contributed by atoms with E-state index in [2.05, 4.69) is 10.3 Å². The Labute approximate surface area is 152 Å². The summed E-state index contributed by atoms with van der Waals surface area (Å²) in [5, 5.41) is 5.17. The lowest BCUT2D eigenvalue weighted by molar-refractivity contribution is -0.119. The van der Waals surface area contributed by atoms with Crippen molar-refractivity contribution in [1.82, 2.24) is 10.3 Å². The average molecular weight is 379 g/mol. The first kappa shape index (κ1) is 17.5. The number of rotatable bonds is 4. The van der Waals surface area contributed by atoms with E-state index in [0.717, 1.165) is 0 Å². The second-order valence-electron chi connectivity index (χ2n) is 5.39. The number of amides is 1. The molecule has 3 rings (SSSR count). The number of thiazole rings is 1. The molecule has 0 fully saturated rings. The Morgan fingerprint density at radius 1 is 1.24 bits per heavy atom. The van der Waals surface area contributed by atoms with Gasteiger partial charge in [-0.1, -0.05) is 23.7 Å². The van der Waals surface area contributed by atoms with E-state index in [1.54, 1.807) is 23.6 Å². The Morgan fingerprint density at radius 2 is 2.04 bits per heavy atom. The first-order chi connectivity index (χ1) is 11.9. The standard InChI is InChI=1S/C18H13ClF2N2OS/c1-10(24)22-17(12-3-2-4-13(20)7-12)18-23-16(9-25-18)11-5-6-15(21)14(19)8-11/h2-9,17H,1H3,(H,22,24). The lowest BCUT2D eigenvalue weighted by Gasteiger charge is -2.16. The SMILES string of the molecule is CC(=O)NC(c1cccc(F)c1)c1nc(-c2ccc(F)c(Cl)c2)cs1. The highest BCUT2D eigenvalue weighted by molar-refractivity contribution is 7.10. The summed E-state index contributed by atoms with van der Waals surface area (Å²) in [5.41, 5.74) is 1.86. The molecule has 0 saturated heterocycles. The minimum absolute atomic E-state index is 0.00981. The molecule has 0 aliphatic carbocycles. The van der Waals surface area contributed by atoms with Crippen molar-refractivity contribution >= 4 is 28.8 Å². The van der Waals surface area contributed by atoms with Crippen LogP contribution in [0.4, 0.5) is 8.78 Å². The van der Waals surface area contributed by atoms with Crippen LogP contribution < -0.4 is 5.32 Å². The minimum atomic E-state index is -0.567. The highest BCUT2D eigenvalue weighted by Crippen LogP contribution is 2.31. The molecule has 1 N–H and O–H groups in total. The van der Waals surface area contributed by atoms with E-state index in [1.807, 2.05) is 0 Å². The number of benzene rings is 2. The zero-order valence-electron chi connectivity index (χ0n) is 13.1. The van der Waals surface area contributed by atoms with Gasteiger partial charge in [0, 0.05) is 17.9 Å². The predicted molar refractivity (Wildman–Crippen MR) is 94.6 cm³/mol. The molecule has 25 heavy (non-hydrogen) atoms. The molecule has 128 valence electrons. The minimum Gasteiger partial charge on any atom is -0.343 e. The van der Waals surface area contributed by atoms with Crippen molar-refractivity contribution in [1.29, 1.82) is 0 Å². The van der Waals surface area contributed by atoms with E-state index in [4.69, 9.17) is 11.6 Å². The molecule has 0 aliphatic heterocycles. The van der Waals surface area contributed by atoms with Crippen molar-refractivity contribution in [2.24, 2.45) is 0 Å². The molecule has 2 aromatic carbocycles. The molecule has 0 spiro atoms. The van der Waals surface area contributed by atoms with Gasteiger partial charge < -0.3 is 5.32 Å². The average Bonchev–Trinajstić information content (AvgIpc) is 3.04. The zero-order valence-corrected chi connectivity index (χ0v) is 14.7. The molecule has 0 bridgehead atoms. The van der Waals surface area contributed by atoms with Gasteiger partial charge in [-0.2, -0.15) is 0 Å². The van der Waals surface area contributed by atoms with Gasteiger partial charge in [0.15, 0.2) is 0 Å². The number of hydrogen-bond acceptors (Lipinski definition) is 3. The summed E-state index contributed by atoms with van der Waals surface area (Å²) in [6.45, 7) is 1.39. The molecule has 3 aromatic rings. The number of halogens is 3. The van der Waals surface area contributed by atoms with Crippen LogP contribution in [0.5, 0.6) is 0 Å². The Morgan fingerprint density at radius 3 is 2.72 bits per heavy atom. The Balaban J connectivity index is 1.98. The molecule has 0 radical (unpaired) electrons. The Hall–Kier alpha value is -2.31. The van der Waals surface area contributed by atoms with Gasteiger partial charge in [0.25, 0.3) is 0 Å². The topological polar surface area (TPSA) is 42.0 Å². The summed E-state index contributed by atoms with van der Waals surface area (Å²) >= 11 is 7.14. The van der Waals surface area contributed by atoms with Crippen molar-refractivity contribution in [3.63, 3.8) is 0 Å². The van der Waals surface area contributed by atoms with Gasteiger partial charge in [-0.25, -0.2) is 13.8 Å². The van der Waals surface area contributed by atoms with Crippen LogP contribution in [0, 0.1) is 11.6 Å². The van der Waals surface area contributed by atoms with Crippen molar-refractivity contribution in [2.45, 2.75) is 13.0 Å². The van der Waals surface area contributed by atoms with Crippen molar-refractivity contribution in [2.75, 3.05) is 0 Å². The van der Waals surface area contributed by atoms with Crippen LogP contribution in [-0.2, 0) is 4.79 Å². The van der Waals surface area contributed by atoms with Gasteiger partial charge in [-0.15, -0.1) is 11.3 Å². The number of aromatic nitrogens is 1. The maximum absolute atomic E-state index is 13.6. The first-order valence-corrected chi connectivity index (χ1v) is 8.63. The van der Waals surface area contributed by atoms with E-state index in [-0.39, 0.29) is 10.9 Å². The van der Waals surface area contributed by atoms with E-state index in [0.29, 0.717) is 21.8 Å². The molecular formula is C18H13ClF2N2OS. The van der Waals surface area contributed by atoms with E-state index < -0.39 is 17.7 Å². The Bertz CT molecular complexity index is 929. The zero-order chi connectivity index (χ0) is 18.0. The van der Waals surface area contributed by atoms with E-state index in [1.165, 1.54) is 42.5 Å². The number of nitrogens with one attached hydrogen (secondary N) is 1. The van der Waals surface area contributed by atoms with Crippen molar-refractivity contribution in [3.8, 4) is 11.3 Å². The van der Waals surface area contributed by atoms with Gasteiger partial charge in [0.2, 0.25) is 5.91 Å². The molecule has 0 aliphatic rings. The fourth-order valence-electron chi connectivity index (χ4n) is 2.39. The first-order valence-electron chi connectivity index (χ1n) is 7.37. The van der Waals surface area contributed by atoms with Crippen LogP contribution >= 0.6 is 22.9 Å². The summed E-state index contributed by atoms with van der Waals surface area (Å²) in [5.74, 6) is -1.15. The normalized spacial score (nSPS) is 12.0. The van der Waals surface area contributed by atoms with Crippen LogP contribution in [0.25, 0.3) is 11.3 Å². The maximum atomic E-state index is 13.6. The number of carbonyl (C=O) groups is 1. The fourth-order valence-corrected chi connectivity index (χ4v) is 3.47. The van der Waals surface area contributed by atoms with Crippen molar-refractivity contribution in [3.05, 3.63) is 75.1 Å². The van der Waals surface area contributed by atoms with Crippen LogP contribution in [0.3, 0.4) is 0 Å². The summed E-state index contributed by atoms with van der Waals surface area (Å²) in [7, 11) is 0. The van der Waals surface area contributed by atoms with E-state index in [9.17, 15) is 13.6 Å². The molecule has 1 unspecified atom stereocenters. The van der Waals surface area contributed by atoms with Crippen LogP contribution in [-0.4, -0.2) is 10.9 Å². The fraction of sp³-hybridized carbons (Fsp3) is 0.111. The molecule has 1 heterocycles. The van der Waals surface area contributed by atoms with Gasteiger partial charge in [-0.05, 0) is 35.9 Å². The third kappa shape index (κ3) is 4.03. The lowest BCUT2D eigenvalue weighted by atomic mass is 10.1. The highest BCUT2D eigenvalue weighted by atomic mass is 35.5. The van der Waals surface area contributed by atoms with Crippen LogP contribution in [0.15, 0.2) is 47.8 Å². The molecule has 0 saturated carbocycles. The van der Waals surface area contributed by atoms with Gasteiger partial charge in [-0.3, -0.25) is 4.79 Å².